The van der Waals surface area contributed by atoms with Crippen molar-refractivity contribution in [2.75, 3.05) is 16.8 Å². The molecule has 7 N–H and O–H groups in total. The second kappa shape index (κ2) is 17.6. The zero-order chi connectivity index (χ0) is 25.8. The predicted octanol–water partition coefficient (Wildman–Crippen LogP) is 4.75. The summed E-state index contributed by atoms with van der Waals surface area (Å²) in [6.45, 7) is 0.330. The maximum Gasteiger partial charge on any atom is 0.157 e. The van der Waals surface area contributed by atoms with Crippen molar-refractivity contribution in [2.24, 2.45) is 5.73 Å². The SMILES string of the molecule is Cl.Cl.NCc1ncccc1F.Nc1c(Cl)ncnc1Cl.Nc1c(Cl)ncnc1NCc1ncccc1F. The number of anilines is 3. The van der Waals surface area contributed by atoms with Crippen LogP contribution in [-0.2, 0) is 13.1 Å². The van der Waals surface area contributed by atoms with Gasteiger partial charge >= 0.3 is 0 Å². The van der Waals surface area contributed by atoms with Gasteiger partial charge in [0, 0.05) is 18.9 Å². The molecule has 0 radical (unpaired) electrons. The van der Waals surface area contributed by atoms with Gasteiger partial charge in [0.2, 0.25) is 0 Å². The molecule has 10 nitrogen and oxygen atoms in total. The van der Waals surface area contributed by atoms with Crippen LogP contribution in [0.5, 0.6) is 0 Å². The molecule has 0 amide bonds. The minimum absolute atomic E-state index is 0. The second-order valence-electron chi connectivity index (χ2n) is 6.22. The number of nitrogen functional groups attached to an aromatic ring is 2. The average molecular weight is 617 g/mol. The maximum absolute atomic E-state index is 13.3. The van der Waals surface area contributed by atoms with Gasteiger partial charge in [-0.05, 0) is 24.3 Å². The molecular weight excluding hydrogens is 596 g/mol. The molecule has 0 aliphatic rings. The molecule has 0 bridgehead atoms. The lowest BCUT2D eigenvalue weighted by molar-refractivity contribution is 0.600. The van der Waals surface area contributed by atoms with Gasteiger partial charge in [-0.25, -0.2) is 28.7 Å². The highest BCUT2D eigenvalue weighted by Gasteiger charge is 2.07. The van der Waals surface area contributed by atoms with E-state index in [1.165, 1.54) is 49.3 Å². The van der Waals surface area contributed by atoms with Gasteiger partial charge in [-0.1, -0.05) is 34.8 Å². The molecule has 17 heteroatoms. The standard InChI is InChI=1S/C10H9ClFN5.C6H7FN2.C4H3Cl2N3.2ClH/c11-9-8(13)10(17-5-16-9)15-4-7-6(12)2-1-3-14-7;7-5-2-1-3-9-6(5)4-8;5-3-2(7)4(6)9-1-8-3;;/h1-3,5H,4,13H2,(H,15,16,17);1-3H,4,8H2;1H,7H2;2*1H. The molecule has 4 aromatic heterocycles. The van der Waals surface area contributed by atoms with Crippen molar-refractivity contribution >= 4 is 76.8 Å². The van der Waals surface area contributed by atoms with Crippen molar-refractivity contribution in [2.45, 2.75) is 13.1 Å². The van der Waals surface area contributed by atoms with E-state index in [2.05, 4.69) is 35.2 Å². The van der Waals surface area contributed by atoms with E-state index >= 15 is 0 Å². The Kier molecular flexibility index (Phi) is 16.2. The van der Waals surface area contributed by atoms with E-state index in [1.54, 1.807) is 0 Å². The molecule has 0 atom stereocenters. The Balaban J connectivity index is 0.000000555. The van der Waals surface area contributed by atoms with E-state index in [-0.39, 0.29) is 76.2 Å². The van der Waals surface area contributed by atoms with Crippen LogP contribution in [0.3, 0.4) is 0 Å². The minimum Gasteiger partial charge on any atom is -0.394 e. The lowest BCUT2D eigenvalue weighted by atomic mass is 10.3. The van der Waals surface area contributed by atoms with Crippen molar-refractivity contribution < 1.29 is 8.78 Å². The molecule has 0 saturated heterocycles. The van der Waals surface area contributed by atoms with Crippen molar-refractivity contribution in [1.29, 1.82) is 0 Å². The van der Waals surface area contributed by atoms with Crippen LogP contribution in [-0.4, -0.2) is 29.9 Å². The van der Waals surface area contributed by atoms with E-state index < -0.39 is 5.82 Å². The molecule has 200 valence electrons. The fourth-order valence-corrected chi connectivity index (χ4v) is 2.60. The van der Waals surface area contributed by atoms with Crippen molar-refractivity contribution in [3.8, 4) is 0 Å². The third-order valence-electron chi connectivity index (χ3n) is 3.91. The fraction of sp³-hybridized carbons (Fsp3) is 0.100. The Morgan fingerprint density at radius 1 is 0.703 bits per heavy atom. The second-order valence-corrected chi connectivity index (χ2v) is 7.29. The van der Waals surface area contributed by atoms with Gasteiger partial charge in [0.1, 0.15) is 35.7 Å². The summed E-state index contributed by atoms with van der Waals surface area (Å²) in [4.78, 5) is 22.4. The fourth-order valence-electron chi connectivity index (χ4n) is 2.15. The quantitative estimate of drug-likeness (QED) is 0.235. The van der Waals surface area contributed by atoms with Crippen LogP contribution in [0, 0.1) is 11.6 Å². The Labute approximate surface area is 238 Å². The van der Waals surface area contributed by atoms with E-state index in [4.69, 9.17) is 52.0 Å². The van der Waals surface area contributed by atoms with Gasteiger partial charge in [-0.2, -0.15) is 0 Å². The molecule has 0 aliphatic carbocycles. The smallest absolute Gasteiger partial charge is 0.157 e. The highest BCUT2D eigenvalue weighted by Crippen LogP contribution is 2.22. The first-order valence-electron chi connectivity index (χ1n) is 9.54. The molecule has 4 heterocycles. The normalized spacial score (nSPS) is 9.35. The third-order valence-corrected chi connectivity index (χ3v) is 4.81. The Morgan fingerprint density at radius 2 is 1.16 bits per heavy atom. The van der Waals surface area contributed by atoms with Crippen LogP contribution in [0.25, 0.3) is 0 Å². The summed E-state index contributed by atoms with van der Waals surface area (Å²) in [6, 6.07) is 5.73. The van der Waals surface area contributed by atoms with Gasteiger partial charge in [0.25, 0.3) is 0 Å². The Hall–Kier alpha value is -2.87. The van der Waals surface area contributed by atoms with Crippen LogP contribution in [0.2, 0.25) is 15.5 Å². The Bertz CT molecular complexity index is 1240. The molecule has 37 heavy (non-hydrogen) atoms. The van der Waals surface area contributed by atoms with Crippen LogP contribution in [0.1, 0.15) is 11.4 Å². The molecule has 0 unspecified atom stereocenters. The number of aromatic nitrogens is 6. The van der Waals surface area contributed by atoms with Gasteiger partial charge < -0.3 is 22.5 Å². The number of nitrogens with two attached hydrogens (primary N) is 3. The van der Waals surface area contributed by atoms with Crippen LogP contribution in [0.4, 0.5) is 26.0 Å². The summed E-state index contributed by atoms with van der Waals surface area (Å²) in [5.41, 5.74) is 17.1. The molecule has 0 spiro atoms. The van der Waals surface area contributed by atoms with Crippen molar-refractivity contribution in [3.63, 3.8) is 0 Å². The number of hydrogen-bond acceptors (Lipinski definition) is 10. The van der Waals surface area contributed by atoms with E-state index in [1.807, 2.05) is 0 Å². The number of nitrogens with one attached hydrogen (secondary N) is 1. The minimum atomic E-state index is -0.390. The largest absolute Gasteiger partial charge is 0.394 e. The van der Waals surface area contributed by atoms with Crippen LogP contribution >= 0.6 is 59.6 Å². The summed E-state index contributed by atoms with van der Waals surface area (Å²) in [5, 5.41) is 3.38. The number of hydrogen-bond donors (Lipinski definition) is 4. The molecule has 4 rings (SSSR count). The molecule has 0 saturated carbocycles. The number of rotatable bonds is 4. The first-order chi connectivity index (χ1) is 16.7. The predicted molar refractivity (Wildman–Crippen MR) is 146 cm³/mol. The number of halogens is 7. The summed E-state index contributed by atoms with van der Waals surface area (Å²) in [6.07, 6.45) is 5.55. The first-order valence-corrected chi connectivity index (χ1v) is 10.7. The molecule has 4 aromatic rings. The lowest BCUT2D eigenvalue weighted by Gasteiger charge is -2.08. The molecular formula is C20H21Cl5F2N10. The summed E-state index contributed by atoms with van der Waals surface area (Å²) in [7, 11) is 0. The maximum atomic E-state index is 13.3. The summed E-state index contributed by atoms with van der Waals surface area (Å²) < 4.78 is 25.7. The molecule has 0 aliphatic heterocycles. The highest BCUT2D eigenvalue weighted by molar-refractivity contribution is 6.37. The van der Waals surface area contributed by atoms with Crippen molar-refractivity contribution in [3.05, 3.63) is 87.8 Å². The van der Waals surface area contributed by atoms with Crippen LogP contribution in [0.15, 0.2) is 49.3 Å². The Morgan fingerprint density at radius 3 is 1.59 bits per heavy atom. The summed E-state index contributed by atoms with van der Waals surface area (Å²) >= 11 is 16.6. The van der Waals surface area contributed by atoms with Gasteiger partial charge in [0.15, 0.2) is 21.3 Å². The van der Waals surface area contributed by atoms with Crippen molar-refractivity contribution in [1.82, 2.24) is 29.9 Å². The first kappa shape index (κ1) is 34.1. The monoisotopic (exact) mass is 614 g/mol. The van der Waals surface area contributed by atoms with Gasteiger partial charge in [-0.15, -0.1) is 24.8 Å². The molecule has 0 fully saturated rings. The third kappa shape index (κ3) is 11.0. The number of nitrogens with zero attached hydrogens (tertiary/aromatic N) is 6. The zero-order valence-corrected chi connectivity index (χ0v) is 22.6. The van der Waals surface area contributed by atoms with Crippen LogP contribution < -0.4 is 22.5 Å². The van der Waals surface area contributed by atoms with E-state index in [9.17, 15) is 8.78 Å². The zero-order valence-electron chi connectivity index (χ0n) is 18.7. The summed E-state index contributed by atoms with van der Waals surface area (Å²) in [5.74, 6) is -0.367. The van der Waals surface area contributed by atoms with E-state index in [0.717, 1.165) is 0 Å². The van der Waals surface area contributed by atoms with Gasteiger partial charge in [-0.3, -0.25) is 9.97 Å². The highest BCUT2D eigenvalue weighted by atomic mass is 35.5. The molecule has 0 aromatic carbocycles. The van der Waals surface area contributed by atoms with E-state index in [0.29, 0.717) is 11.5 Å². The topological polar surface area (TPSA) is 167 Å². The van der Waals surface area contributed by atoms with Gasteiger partial charge in [0.05, 0.1) is 17.9 Å². The average Bonchev–Trinajstić information content (AvgIpc) is 2.85. The number of pyridine rings is 2. The lowest BCUT2D eigenvalue weighted by Crippen LogP contribution is -2.08.